The lowest BCUT2D eigenvalue weighted by Gasteiger charge is -2.41. The Morgan fingerprint density at radius 3 is 3.06 bits per heavy atom. The Morgan fingerprint density at radius 2 is 2.18 bits per heavy atom. The van der Waals surface area contributed by atoms with Crippen LogP contribution in [0, 0.1) is 0 Å². The van der Waals surface area contributed by atoms with Gasteiger partial charge < -0.3 is 10.1 Å². The van der Waals surface area contributed by atoms with Crippen LogP contribution in [0.3, 0.4) is 0 Å². The molecule has 0 aromatic heterocycles. The summed E-state index contributed by atoms with van der Waals surface area (Å²) in [5, 5.41) is 3.57. The van der Waals surface area contributed by atoms with Crippen LogP contribution in [-0.4, -0.2) is 43.3 Å². The number of ether oxygens (including phenoxy) is 1. The summed E-state index contributed by atoms with van der Waals surface area (Å²) in [4.78, 5) is 2.53. The molecule has 0 saturated carbocycles. The van der Waals surface area contributed by atoms with Gasteiger partial charge in [0.25, 0.3) is 0 Å². The molecule has 0 spiro atoms. The van der Waals surface area contributed by atoms with Gasteiger partial charge in [-0.15, -0.1) is 0 Å². The maximum atomic E-state index is 5.79. The maximum Gasteiger partial charge on any atom is 0.0753 e. The highest BCUT2D eigenvalue weighted by molar-refractivity contribution is 5.14. The minimum atomic E-state index is 0.441. The summed E-state index contributed by atoms with van der Waals surface area (Å²) in [6, 6.07) is 11.2. The van der Waals surface area contributed by atoms with E-state index in [1.165, 1.54) is 5.56 Å². The van der Waals surface area contributed by atoms with Crippen molar-refractivity contribution in [3.63, 3.8) is 0 Å². The highest BCUT2D eigenvalue weighted by Crippen LogP contribution is 2.18. The van der Waals surface area contributed by atoms with Crippen LogP contribution >= 0.6 is 0 Å². The van der Waals surface area contributed by atoms with Crippen molar-refractivity contribution in [2.24, 2.45) is 0 Å². The van der Waals surface area contributed by atoms with E-state index in [-0.39, 0.29) is 0 Å². The molecular formula is C14H20N2O. The average Bonchev–Trinajstić information content (AvgIpc) is 2.40. The van der Waals surface area contributed by atoms with Gasteiger partial charge in [0.05, 0.1) is 12.7 Å². The zero-order valence-corrected chi connectivity index (χ0v) is 10.1. The summed E-state index contributed by atoms with van der Waals surface area (Å²) in [6.45, 7) is 5.20. The number of likely N-dealkylation sites (tertiary alicyclic amines) is 1. The standard InChI is InChI=1S/C14H20N2O/c1-2-4-12(5-3-1)10-16-8-6-14-13(11-16)15-7-9-17-14/h1-5,13-15H,6-11H2/t13-,14+/m0/s1. The van der Waals surface area contributed by atoms with E-state index >= 15 is 0 Å². The first-order chi connectivity index (χ1) is 8.42. The predicted molar refractivity (Wildman–Crippen MR) is 67.9 cm³/mol. The molecule has 2 fully saturated rings. The van der Waals surface area contributed by atoms with Crippen LogP contribution in [0.1, 0.15) is 12.0 Å². The van der Waals surface area contributed by atoms with Crippen LogP contribution in [0.4, 0.5) is 0 Å². The molecule has 0 aliphatic carbocycles. The lowest BCUT2D eigenvalue weighted by Crippen LogP contribution is -2.58. The number of piperidine rings is 1. The predicted octanol–water partition coefficient (Wildman–Crippen LogP) is 1.25. The SMILES string of the molecule is c1ccc(CN2CC[C@H]3OCCN[C@H]3C2)cc1. The monoisotopic (exact) mass is 232 g/mol. The van der Waals surface area contributed by atoms with E-state index in [9.17, 15) is 0 Å². The van der Waals surface area contributed by atoms with Gasteiger partial charge in [-0.3, -0.25) is 4.90 Å². The van der Waals surface area contributed by atoms with E-state index in [1.807, 2.05) is 0 Å². The third-order valence-electron chi connectivity index (χ3n) is 3.72. The maximum absolute atomic E-state index is 5.79. The fourth-order valence-corrected chi connectivity index (χ4v) is 2.83. The zero-order chi connectivity index (χ0) is 11.5. The summed E-state index contributed by atoms with van der Waals surface area (Å²) in [5.74, 6) is 0. The van der Waals surface area contributed by atoms with E-state index in [0.717, 1.165) is 39.2 Å². The first-order valence-electron chi connectivity index (χ1n) is 6.53. The molecule has 2 aliphatic heterocycles. The Morgan fingerprint density at radius 1 is 1.29 bits per heavy atom. The molecule has 2 atom stereocenters. The number of nitrogens with zero attached hydrogens (tertiary/aromatic N) is 1. The van der Waals surface area contributed by atoms with Crippen molar-refractivity contribution in [1.29, 1.82) is 0 Å². The van der Waals surface area contributed by atoms with Crippen LogP contribution in [0.2, 0.25) is 0 Å². The van der Waals surface area contributed by atoms with Crippen molar-refractivity contribution in [3.05, 3.63) is 35.9 Å². The number of morpholine rings is 1. The van der Waals surface area contributed by atoms with Crippen molar-refractivity contribution in [2.75, 3.05) is 26.2 Å². The van der Waals surface area contributed by atoms with E-state index in [2.05, 4.69) is 40.5 Å². The van der Waals surface area contributed by atoms with Gasteiger partial charge in [0.15, 0.2) is 0 Å². The Kier molecular flexibility index (Phi) is 3.41. The molecule has 2 aliphatic rings. The first kappa shape index (κ1) is 11.2. The van der Waals surface area contributed by atoms with Crippen molar-refractivity contribution < 1.29 is 4.74 Å². The summed E-state index contributed by atoms with van der Waals surface area (Å²) in [5.41, 5.74) is 1.41. The molecule has 0 radical (unpaired) electrons. The van der Waals surface area contributed by atoms with Crippen LogP contribution in [-0.2, 0) is 11.3 Å². The topological polar surface area (TPSA) is 24.5 Å². The molecule has 92 valence electrons. The van der Waals surface area contributed by atoms with Crippen molar-refractivity contribution in [3.8, 4) is 0 Å². The average molecular weight is 232 g/mol. The Balaban J connectivity index is 1.59. The molecule has 0 bridgehead atoms. The van der Waals surface area contributed by atoms with Crippen LogP contribution in [0.15, 0.2) is 30.3 Å². The van der Waals surface area contributed by atoms with E-state index in [0.29, 0.717) is 12.1 Å². The lowest BCUT2D eigenvalue weighted by atomic mass is 10.00. The summed E-state index contributed by atoms with van der Waals surface area (Å²) in [7, 11) is 0. The summed E-state index contributed by atoms with van der Waals surface area (Å²) in [6.07, 6.45) is 1.60. The second-order valence-electron chi connectivity index (χ2n) is 4.98. The Labute approximate surface area is 103 Å². The molecule has 1 aromatic rings. The molecule has 2 saturated heterocycles. The van der Waals surface area contributed by atoms with Gasteiger partial charge in [-0.1, -0.05) is 30.3 Å². The second-order valence-corrected chi connectivity index (χ2v) is 4.98. The Bertz CT molecular complexity index is 354. The lowest BCUT2D eigenvalue weighted by molar-refractivity contribution is -0.0443. The molecular weight excluding hydrogens is 212 g/mol. The molecule has 1 N–H and O–H groups in total. The van der Waals surface area contributed by atoms with Crippen LogP contribution in [0.25, 0.3) is 0 Å². The van der Waals surface area contributed by atoms with Crippen molar-refractivity contribution in [1.82, 2.24) is 10.2 Å². The molecule has 3 rings (SSSR count). The van der Waals surface area contributed by atoms with Crippen molar-refractivity contribution >= 4 is 0 Å². The number of fused-ring (bicyclic) bond motifs is 1. The molecule has 2 heterocycles. The van der Waals surface area contributed by atoms with Gasteiger partial charge >= 0.3 is 0 Å². The van der Waals surface area contributed by atoms with Gasteiger partial charge in [0.1, 0.15) is 0 Å². The highest BCUT2D eigenvalue weighted by Gasteiger charge is 2.31. The summed E-state index contributed by atoms with van der Waals surface area (Å²) < 4.78 is 5.79. The molecule has 3 nitrogen and oxygen atoms in total. The summed E-state index contributed by atoms with van der Waals surface area (Å²) >= 11 is 0. The van der Waals surface area contributed by atoms with E-state index < -0.39 is 0 Å². The van der Waals surface area contributed by atoms with Gasteiger partial charge in [0.2, 0.25) is 0 Å². The fraction of sp³-hybridized carbons (Fsp3) is 0.571. The van der Waals surface area contributed by atoms with Gasteiger partial charge in [0, 0.05) is 32.2 Å². The number of hydrogen-bond acceptors (Lipinski definition) is 3. The fourth-order valence-electron chi connectivity index (χ4n) is 2.83. The van der Waals surface area contributed by atoms with Gasteiger partial charge in [-0.05, 0) is 12.0 Å². The first-order valence-corrected chi connectivity index (χ1v) is 6.53. The molecule has 0 unspecified atom stereocenters. The van der Waals surface area contributed by atoms with E-state index in [4.69, 9.17) is 4.74 Å². The smallest absolute Gasteiger partial charge is 0.0753 e. The normalized spacial score (nSPS) is 29.9. The second kappa shape index (κ2) is 5.17. The number of benzene rings is 1. The largest absolute Gasteiger partial charge is 0.375 e. The van der Waals surface area contributed by atoms with Crippen LogP contribution in [0.5, 0.6) is 0 Å². The van der Waals surface area contributed by atoms with Crippen molar-refractivity contribution in [2.45, 2.75) is 25.1 Å². The van der Waals surface area contributed by atoms with Gasteiger partial charge in [-0.2, -0.15) is 0 Å². The number of hydrogen-bond donors (Lipinski definition) is 1. The van der Waals surface area contributed by atoms with E-state index in [1.54, 1.807) is 0 Å². The molecule has 3 heteroatoms. The third-order valence-corrected chi connectivity index (χ3v) is 3.72. The quantitative estimate of drug-likeness (QED) is 0.830. The number of nitrogens with one attached hydrogen (secondary N) is 1. The molecule has 17 heavy (non-hydrogen) atoms. The van der Waals surface area contributed by atoms with Gasteiger partial charge in [-0.25, -0.2) is 0 Å². The minimum Gasteiger partial charge on any atom is -0.375 e. The highest BCUT2D eigenvalue weighted by atomic mass is 16.5. The minimum absolute atomic E-state index is 0.441. The zero-order valence-electron chi connectivity index (χ0n) is 10.1. The Hall–Kier alpha value is -0.900. The third kappa shape index (κ3) is 2.68. The van der Waals surface area contributed by atoms with Crippen LogP contribution < -0.4 is 5.32 Å². The molecule has 1 aromatic carbocycles. The number of rotatable bonds is 2. The molecule has 0 amide bonds.